The lowest BCUT2D eigenvalue weighted by molar-refractivity contribution is -0.139. The normalized spacial score (nSPS) is 22.5. The van der Waals surface area contributed by atoms with E-state index in [-0.39, 0.29) is 11.7 Å². The van der Waals surface area contributed by atoms with Crippen LogP contribution in [0.25, 0.3) is 0 Å². The predicted octanol–water partition coefficient (Wildman–Crippen LogP) is -0.765. The van der Waals surface area contributed by atoms with E-state index in [0.29, 0.717) is 19.4 Å². The molecule has 0 bridgehead atoms. The third kappa shape index (κ3) is 2.66. The molecule has 0 aromatic heterocycles. The molecule has 0 radical (unpaired) electrons. The van der Waals surface area contributed by atoms with Crippen molar-refractivity contribution >= 4 is 17.6 Å². The van der Waals surface area contributed by atoms with Crippen molar-refractivity contribution in [2.24, 2.45) is 22.5 Å². The van der Waals surface area contributed by atoms with Crippen molar-refractivity contribution in [1.29, 1.82) is 0 Å². The second-order valence-electron chi connectivity index (χ2n) is 4.08. The Morgan fingerprint density at radius 1 is 1.53 bits per heavy atom. The van der Waals surface area contributed by atoms with Gasteiger partial charge in [0.1, 0.15) is 6.04 Å². The van der Waals surface area contributed by atoms with Crippen LogP contribution >= 0.6 is 0 Å². The van der Waals surface area contributed by atoms with E-state index < -0.39 is 17.9 Å². The van der Waals surface area contributed by atoms with Crippen molar-refractivity contribution in [3.8, 4) is 0 Å². The predicted molar refractivity (Wildman–Crippen MR) is 61.1 cm³/mol. The molecule has 1 fully saturated rings. The van der Waals surface area contributed by atoms with Gasteiger partial charge in [0, 0.05) is 6.54 Å². The number of nitrogens with two attached hydrogens (primary N) is 2. The lowest BCUT2D eigenvalue weighted by Crippen LogP contribution is -2.48. The zero-order valence-corrected chi connectivity index (χ0v) is 9.80. The van der Waals surface area contributed by atoms with Gasteiger partial charge in [0.2, 0.25) is 11.8 Å². The van der Waals surface area contributed by atoms with Gasteiger partial charge in [-0.1, -0.05) is 12.1 Å². The molecule has 1 aliphatic rings. The minimum absolute atomic E-state index is 0.132. The molecular formula is C10H18N4O3. The molecule has 1 heterocycles. The summed E-state index contributed by atoms with van der Waals surface area (Å²) in [7, 11) is 0. The fourth-order valence-electron chi connectivity index (χ4n) is 2.11. The number of amides is 2. The second kappa shape index (κ2) is 5.51. The minimum atomic E-state index is -0.694. The Morgan fingerprint density at radius 3 is 2.65 bits per heavy atom. The Hall–Kier alpha value is -1.79. The van der Waals surface area contributed by atoms with Crippen molar-refractivity contribution in [3.63, 3.8) is 0 Å². The molecule has 0 aliphatic carbocycles. The van der Waals surface area contributed by atoms with E-state index in [1.54, 1.807) is 6.92 Å². The first-order valence-electron chi connectivity index (χ1n) is 5.60. The van der Waals surface area contributed by atoms with Crippen LogP contribution in [0.5, 0.6) is 0 Å². The SMILES string of the molecule is CCC(C(=O)N1CCCC1C(N)=O)/C(N)=N/O. The standard InChI is InChI=1S/C10H18N4O3/c1-2-6(8(11)13-17)10(16)14-5-3-4-7(14)9(12)15/h6-7,17H,2-5H2,1H3,(H2,11,13)(H2,12,15). The maximum Gasteiger partial charge on any atom is 0.240 e. The lowest BCUT2D eigenvalue weighted by atomic mass is 10.0. The number of amidine groups is 1. The van der Waals surface area contributed by atoms with Crippen LogP contribution in [-0.4, -0.2) is 40.3 Å². The van der Waals surface area contributed by atoms with E-state index in [9.17, 15) is 9.59 Å². The van der Waals surface area contributed by atoms with Gasteiger partial charge in [-0.05, 0) is 19.3 Å². The van der Waals surface area contributed by atoms with Gasteiger partial charge in [-0.15, -0.1) is 0 Å². The van der Waals surface area contributed by atoms with Gasteiger partial charge in [0.05, 0.1) is 5.92 Å². The Bertz CT molecular complexity index is 342. The Kier molecular flexibility index (Phi) is 4.30. The van der Waals surface area contributed by atoms with Crippen LogP contribution in [0.2, 0.25) is 0 Å². The molecule has 5 N–H and O–H groups in total. The average Bonchev–Trinajstić information content (AvgIpc) is 2.78. The summed E-state index contributed by atoms with van der Waals surface area (Å²) < 4.78 is 0. The molecule has 7 heteroatoms. The van der Waals surface area contributed by atoms with Crippen LogP contribution in [0, 0.1) is 5.92 Å². The van der Waals surface area contributed by atoms with Crippen molar-refractivity contribution in [1.82, 2.24) is 4.90 Å². The van der Waals surface area contributed by atoms with E-state index in [4.69, 9.17) is 16.7 Å². The number of hydrogen-bond acceptors (Lipinski definition) is 4. The molecule has 0 saturated carbocycles. The van der Waals surface area contributed by atoms with Crippen LogP contribution < -0.4 is 11.5 Å². The minimum Gasteiger partial charge on any atom is -0.409 e. The molecule has 2 atom stereocenters. The molecule has 1 rings (SSSR count). The highest BCUT2D eigenvalue weighted by atomic mass is 16.4. The van der Waals surface area contributed by atoms with Crippen molar-refractivity contribution in [3.05, 3.63) is 0 Å². The summed E-state index contributed by atoms with van der Waals surface area (Å²) in [4.78, 5) is 24.7. The average molecular weight is 242 g/mol. The monoisotopic (exact) mass is 242 g/mol. The van der Waals surface area contributed by atoms with E-state index in [1.807, 2.05) is 0 Å². The van der Waals surface area contributed by atoms with Crippen molar-refractivity contribution < 1.29 is 14.8 Å². The van der Waals surface area contributed by atoms with Crippen molar-refractivity contribution in [2.75, 3.05) is 6.54 Å². The number of likely N-dealkylation sites (tertiary alicyclic amines) is 1. The van der Waals surface area contributed by atoms with E-state index in [0.717, 1.165) is 6.42 Å². The zero-order chi connectivity index (χ0) is 13.0. The largest absolute Gasteiger partial charge is 0.409 e. The maximum absolute atomic E-state index is 12.1. The Morgan fingerprint density at radius 2 is 2.18 bits per heavy atom. The summed E-state index contributed by atoms with van der Waals surface area (Å²) in [6.45, 7) is 2.25. The van der Waals surface area contributed by atoms with Crippen LogP contribution in [0.15, 0.2) is 5.16 Å². The summed E-state index contributed by atoms with van der Waals surface area (Å²) in [5.41, 5.74) is 10.7. The molecular weight excluding hydrogens is 224 g/mol. The fourth-order valence-corrected chi connectivity index (χ4v) is 2.11. The topological polar surface area (TPSA) is 122 Å². The summed E-state index contributed by atoms with van der Waals surface area (Å²) >= 11 is 0. The van der Waals surface area contributed by atoms with E-state index >= 15 is 0 Å². The molecule has 2 unspecified atom stereocenters. The number of rotatable bonds is 4. The highest BCUT2D eigenvalue weighted by molar-refractivity contribution is 6.03. The first-order chi connectivity index (χ1) is 8.02. The number of primary amides is 1. The van der Waals surface area contributed by atoms with Gasteiger partial charge in [0.25, 0.3) is 0 Å². The summed E-state index contributed by atoms with van der Waals surface area (Å²) in [6, 6.07) is -0.567. The smallest absolute Gasteiger partial charge is 0.240 e. The fraction of sp³-hybridized carbons (Fsp3) is 0.700. The van der Waals surface area contributed by atoms with Gasteiger partial charge in [0.15, 0.2) is 5.84 Å². The quantitative estimate of drug-likeness (QED) is 0.259. The van der Waals surface area contributed by atoms with Gasteiger partial charge >= 0.3 is 0 Å². The lowest BCUT2D eigenvalue weighted by Gasteiger charge is -2.26. The molecule has 7 nitrogen and oxygen atoms in total. The van der Waals surface area contributed by atoms with Crippen LogP contribution in [0.1, 0.15) is 26.2 Å². The molecule has 0 aromatic carbocycles. The van der Waals surface area contributed by atoms with Gasteiger partial charge < -0.3 is 21.6 Å². The van der Waals surface area contributed by atoms with Gasteiger partial charge in [-0.3, -0.25) is 9.59 Å². The molecule has 17 heavy (non-hydrogen) atoms. The molecule has 0 spiro atoms. The number of carbonyl (C=O) groups excluding carboxylic acids is 2. The second-order valence-corrected chi connectivity index (χ2v) is 4.08. The highest BCUT2D eigenvalue weighted by Gasteiger charge is 2.36. The number of nitrogens with zero attached hydrogens (tertiary/aromatic N) is 2. The Labute approximate surface area is 99.4 Å². The van der Waals surface area contributed by atoms with E-state index in [1.165, 1.54) is 4.90 Å². The first-order valence-corrected chi connectivity index (χ1v) is 5.60. The molecule has 0 aromatic rings. The summed E-state index contributed by atoms with van der Waals surface area (Å²) in [5, 5.41) is 11.5. The van der Waals surface area contributed by atoms with Crippen LogP contribution in [-0.2, 0) is 9.59 Å². The number of oxime groups is 1. The molecule has 96 valence electrons. The van der Waals surface area contributed by atoms with E-state index in [2.05, 4.69) is 5.16 Å². The first kappa shape index (κ1) is 13.3. The third-order valence-electron chi connectivity index (χ3n) is 3.04. The molecule has 2 amide bonds. The highest BCUT2D eigenvalue weighted by Crippen LogP contribution is 2.20. The molecule has 1 aliphatic heterocycles. The zero-order valence-electron chi connectivity index (χ0n) is 9.80. The van der Waals surface area contributed by atoms with Crippen LogP contribution in [0.3, 0.4) is 0 Å². The Balaban J connectivity index is 2.84. The van der Waals surface area contributed by atoms with Gasteiger partial charge in [-0.2, -0.15) is 0 Å². The van der Waals surface area contributed by atoms with Crippen LogP contribution in [0.4, 0.5) is 0 Å². The molecule has 1 saturated heterocycles. The summed E-state index contributed by atoms with van der Waals surface area (Å²) in [5.74, 6) is -1.64. The maximum atomic E-state index is 12.1. The number of hydrogen-bond donors (Lipinski definition) is 3. The van der Waals surface area contributed by atoms with Crippen molar-refractivity contribution in [2.45, 2.75) is 32.2 Å². The number of carbonyl (C=O) groups is 2. The summed E-state index contributed by atoms with van der Waals surface area (Å²) in [6.07, 6.45) is 1.73. The third-order valence-corrected chi connectivity index (χ3v) is 3.04. The van der Waals surface area contributed by atoms with Gasteiger partial charge in [-0.25, -0.2) is 0 Å².